The molecule has 0 unspecified atom stereocenters. The fourth-order valence-electron chi connectivity index (χ4n) is 4.19. The fourth-order valence-corrected chi connectivity index (χ4v) is 5.49. The Balaban J connectivity index is 0.00000133. The number of anilines is 1. The zero-order valence-electron chi connectivity index (χ0n) is 27.8. The number of nitrogens with zero attached hydrogens (tertiary/aromatic N) is 3. The number of nitrogens with two attached hydrogens (primary N) is 1. The molecule has 1 amide bonds. The highest BCUT2D eigenvalue weighted by molar-refractivity contribution is 7.90. The quantitative estimate of drug-likeness (QED) is 0.156. The van der Waals surface area contributed by atoms with Gasteiger partial charge in [0.25, 0.3) is 15.9 Å². The third kappa shape index (κ3) is 8.95. The molecule has 4 aromatic rings. The molecule has 8 nitrogen and oxygen atoms in total. The molecule has 240 valence electrons. The third-order valence-corrected chi connectivity index (χ3v) is 8.11. The van der Waals surface area contributed by atoms with Crippen LogP contribution in [0.4, 0.5) is 11.5 Å². The van der Waals surface area contributed by atoms with Crippen molar-refractivity contribution in [2.45, 2.75) is 52.9 Å². The number of aliphatic imine (C=N–C) groups is 1. The number of amides is 1. The second-order valence-corrected chi connectivity index (χ2v) is 11.9. The molecule has 0 aliphatic heterocycles. The first-order chi connectivity index (χ1) is 21.5. The topological polar surface area (TPSA) is 107 Å². The zero-order chi connectivity index (χ0) is 33.7. The van der Waals surface area contributed by atoms with Crippen molar-refractivity contribution in [1.82, 2.24) is 8.87 Å². The molecule has 3 aromatic carbocycles. The smallest absolute Gasteiger partial charge is 0.269 e. The minimum Gasteiger partial charge on any atom is -0.496 e. The van der Waals surface area contributed by atoms with Gasteiger partial charge in [-0.05, 0) is 61.4 Å². The van der Waals surface area contributed by atoms with Gasteiger partial charge in [0.05, 0.1) is 17.6 Å². The molecule has 4 rings (SSSR count). The summed E-state index contributed by atoms with van der Waals surface area (Å²) < 4.78 is 34.2. The number of aryl methyl sites for hydroxylation is 1. The number of carbonyl (C=O) groups excluding carboxylic acids is 1. The van der Waals surface area contributed by atoms with Crippen molar-refractivity contribution in [2.75, 3.05) is 26.9 Å². The predicted molar refractivity (Wildman–Crippen MR) is 188 cm³/mol. The summed E-state index contributed by atoms with van der Waals surface area (Å²) in [6, 6.07) is 20.9. The van der Waals surface area contributed by atoms with Gasteiger partial charge in [-0.25, -0.2) is 17.4 Å². The molecular formula is C36H46N4O4S. The van der Waals surface area contributed by atoms with Gasteiger partial charge in [-0.2, -0.15) is 0 Å². The lowest BCUT2D eigenvalue weighted by Gasteiger charge is -2.13. The van der Waals surface area contributed by atoms with Gasteiger partial charge in [0, 0.05) is 43.3 Å². The van der Waals surface area contributed by atoms with Crippen LogP contribution < -0.4 is 10.5 Å². The van der Waals surface area contributed by atoms with Crippen molar-refractivity contribution in [3.63, 3.8) is 0 Å². The Morgan fingerprint density at radius 2 is 1.62 bits per heavy atom. The van der Waals surface area contributed by atoms with Crippen LogP contribution in [0.5, 0.6) is 5.75 Å². The van der Waals surface area contributed by atoms with Gasteiger partial charge >= 0.3 is 0 Å². The van der Waals surface area contributed by atoms with E-state index in [0.717, 1.165) is 16.7 Å². The first-order valence-corrected chi connectivity index (χ1v) is 16.4. The number of rotatable bonds is 8. The maximum Gasteiger partial charge on any atom is 0.269 e. The summed E-state index contributed by atoms with van der Waals surface area (Å²) in [6.07, 6.45) is 6.21. The van der Waals surface area contributed by atoms with Crippen LogP contribution >= 0.6 is 0 Å². The highest BCUT2D eigenvalue weighted by atomic mass is 32.2. The van der Waals surface area contributed by atoms with E-state index in [4.69, 9.17) is 10.5 Å². The summed E-state index contributed by atoms with van der Waals surface area (Å²) in [5, 5.41) is 0. The summed E-state index contributed by atoms with van der Waals surface area (Å²) in [5.41, 5.74) is 10.5. The Labute approximate surface area is 268 Å². The van der Waals surface area contributed by atoms with Crippen LogP contribution in [0.15, 0.2) is 95.0 Å². The fraction of sp³-hybridized carbons (Fsp3) is 0.278. The lowest BCUT2D eigenvalue weighted by molar-refractivity contribution is 0.0828. The Bertz CT molecular complexity index is 1740. The average molecular weight is 631 g/mol. The van der Waals surface area contributed by atoms with Gasteiger partial charge in [-0.3, -0.25) is 4.79 Å². The van der Waals surface area contributed by atoms with Crippen LogP contribution in [-0.2, 0) is 10.0 Å². The van der Waals surface area contributed by atoms with E-state index in [1.807, 2.05) is 58.0 Å². The van der Waals surface area contributed by atoms with Gasteiger partial charge < -0.3 is 15.4 Å². The predicted octanol–water partition coefficient (Wildman–Crippen LogP) is 8.24. The zero-order valence-corrected chi connectivity index (χ0v) is 28.6. The number of hydrogen-bond donors (Lipinski definition) is 1. The molecule has 2 N–H and O–H groups in total. The first kappa shape index (κ1) is 36.6. The number of benzene rings is 3. The standard InChI is InChI=1S/C31H32N4O4S.C3H8.C2H6/c1-6-22(23-13-16-28(32)27(17-23)31(36)34(3)4)19-33-30-18-24(26-9-7-8-10-29(26)39-5)20-35(30)40(37,38)25-14-11-21(2)12-15-25;1-3-2;1-2/h6-20H,32H2,1-5H3;3H2,1-2H3;1-2H3/b22-6+,33-19-;;. The minimum absolute atomic E-state index is 0.147. The maximum atomic E-state index is 13.8. The highest BCUT2D eigenvalue weighted by Crippen LogP contribution is 2.35. The monoisotopic (exact) mass is 630 g/mol. The van der Waals surface area contributed by atoms with E-state index in [1.54, 1.807) is 82.1 Å². The van der Waals surface area contributed by atoms with Crippen molar-refractivity contribution in [3.05, 3.63) is 102 Å². The van der Waals surface area contributed by atoms with Gasteiger partial charge in [-0.1, -0.05) is 82.2 Å². The Morgan fingerprint density at radius 3 is 2.20 bits per heavy atom. The molecule has 0 aliphatic rings. The number of ether oxygens (including phenoxy) is 1. The van der Waals surface area contributed by atoms with Crippen LogP contribution in [0, 0.1) is 6.92 Å². The molecule has 0 saturated carbocycles. The molecule has 0 radical (unpaired) electrons. The Hall–Kier alpha value is -4.63. The summed E-state index contributed by atoms with van der Waals surface area (Å²) in [6.45, 7) is 12.0. The number of aromatic nitrogens is 1. The van der Waals surface area contributed by atoms with E-state index < -0.39 is 10.0 Å². The number of nitrogen functional groups attached to an aromatic ring is 1. The molecule has 45 heavy (non-hydrogen) atoms. The van der Waals surface area contributed by atoms with Crippen molar-refractivity contribution < 1.29 is 17.9 Å². The highest BCUT2D eigenvalue weighted by Gasteiger charge is 2.22. The van der Waals surface area contributed by atoms with Gasteiger partial charge in [0.2, 0.25) is 0 Å². The molecule has 9 heteroatoms. The molecule has 0 saturated heterocycles. The van der Waals surface area contributed by atoms with E-state index in [-0.39, 0.29) is 16.6 Å². The van der Waals surface area contributed by atoms with Crippen molar-refractivity contribution in [2.24, 2.45) is 4.99 Å². The van der Waals surface area contributed by atoms with Crippen molar-refractivity contribution >= 4 is 39.2 Å². The number of para-hydroxylation sites is 1. The summed E-state index contributed by atoms with van der Waals surface area (Å²) in [5.74, 6) is 0.601. The molecule has 0 atom stereocenters. The Kier molecular flexibility index (Phi) is 13.8. The largest absolute Gasteiger partial charge is 0.496 e. The van der Waals surface area contributed by atoms with Crippen LogP contribution in [0.2, 0.25) is 0 Å². The van der Waals surface area contributed by atoms with Gasteiger partial charge in [0.1, 0.15) is 11.6 Å². The lowest BCUT2D eigenvalue weighted by atomic mass is 10.0. The van der Waals surface area contributed by atoms with Gasteiger partial charge in [-0.15, -0.1) is 0 Å². The number of allylic oxidation sites excluding steroid dienone is 2. The number of methoxy groups -OCH3 is 1. The SMILES string of the molecule is C/C=C(\C=N/c1cc(-c2ccccc2OC)cn1S(=O)(=O)c1ccc(C)cc1)c1ccc(N)c(C(=O)N(C)C)c1.CC.CCC. The van der Waals surface area contributed by atoms with Crippen LogP contribution in [0.3, 0.4) is 0 Å². The molecule has 0 fully saturated rings. The van der Waals surface area contributed by atoms with Crippen molar-refractivity contribution in [1.29, 1.82) is 0 Å². The lowest BCUT2D eigenvalue weighted by Crippen LogP contribution is -2.22. The summed E-state index contributed by atoms with van der Waals surface area (Å²) >= 11 is 0. The van der Waals surface area contributed by atoms with E-state index in [2.05, 4.69) is 18.8 Å². The van der Waals surface area contributed by atoms with Gasteiger partial charge in [0.15, 0.2) is 0 Å². The Morgan fingerprint density at radius 1 is 1.00 bits per heavy atom. The molecule has 0 aliphatic carbocycles. The molecule has 0 bridgehead atoms. The number of hydrogen-bond acceptors (Lipinski definition) is 6. The van der Waals surface area contributed by atoms with E-state index >= 15 is 0 Å². The summed E-state index contributed by atoms with van der Waals surface area (Å²) in [4.78, 5) is 18.8. The second kappa shape index (κ2) is 17.0. The van der Waals surface area contributed by atoms with E-state index in [1.165, 1.54) is 15.3 Å². The molecule has 1 aromatic heterocycles. The van der Waals surface area contributed by atoms with Crippen LogP contribution in [0.1, 0.15) is 62.5 Å². The second-order valence-electron chi connectivity index (χ2n) is 10.1. The maximum absolute atomic E-state index is 13.8. The third-order valence-electron chi connectivity index (χ3n) is 6.43. The first-order valence-electron chi connectivity index (χ1n) is 15.0. The van der Waals surface area contributed by atoms with Crippen molar-refractivity contribution in [3.8, 4) is 16.9 Å². The van der Waals surface area contributed by atoms with Crippen LogP contribution in [-0.4, -0.2) is 50.6 Å². The molecular weight excluding hydrogens is 584 g/mol. The molecule has 1 heterocycles. The normalized spacial score (nSPS) is 11.3. The van der Waals surface area contributed by atoms with Crippen LogP contribution in [0.25, 0.3) is 16.7 Å². The average Bonchev–Trinajstić information content (AvgIpc) is 3.48. The minimum atomic E-state index is -3.97. The van der Waals surface area contributed by atoms with E-state index in [9.17, 15) is 13.2 Å². The van der Waals surface area contributed by atoms with E-state index in [0.29, 0.717) is 28.1 Å². The summed E-state index contributed by atoms with van der Waals surface area (Å²) in [7, 11) is 0.920. The number of carbonyl (C=O) groups is 1. The molecule has 0 spiro atoms.